The number of rotatable bonds is 6. The lowest BCUT2D eigenvalue weighted by Gasteiger charge is -2.26. The molecule has 0 fully saturated rings. The maximum absolute atomic E-state index is 13.5. The number of halogens is 2. The minimum Gasteiger partial charge on any atom is -0.491 e. The quantitative estimate of drug-likeness (QED) is 0.607. The van der Waals surface area contributed by atoms with E-state index in [2.05, 4.69) is 5.32 Å². The summed E-state index contributed by atoms with van der Waals surface area (Å²) in [5.41, 5.74) is 8.88. The minimum absolute atomic E-state index is 0.00214. The van der Waals surface area contributed by atoms with Gasteiger partial charge in [0.15, 0.2) is 11.6 Å². The Morgan fingerprint density at radius 2 is 2.08 bits per heavy atom. The van der Waals surface area contributed by atoms with Gasteiger partial charge in [-0.15, -0.1) is 0 Å². The number of carbonyl (C=O) groups is 1. The first-order valence-electron chi connectivity index (χ1n) is 8.78. The van der Waals surface area contributed by atoms with Crippen molar-refractivity contribution in [3.63, 3.8) is 0 Å². The molecule has 0 radical (unpaired) electrons. The molecule has 1 unspecified atom stereocenters. The highest BCUT2D eigenvalue weighted by atomic mass is 19.1. The zero-order valence-corrected chi connectivity index (χ0v) is 14.4. The molecule has 0 spiro atoms. The lowest BCUT2D eigenvalue weighted by Crippen LogP contribution is -2.31. The summed E-state index contributed by atoms with van der Waals surface area (Å²) in [5.74, 6) is -1.47. The van der Waals surface area contributed by atoms with Crippen LogP contribution in [0, 0.1) is 11.6 Å². The van der Waals surface area contributed by atoms with Crippen molar-refractivity contribution in [3.05, 3.63) is 59.2 Å². The first-order valence-corrected chi connectivity index (χ1v) is 8.78. The fourth-order valence-corrected chi connectivity index (χ4v) is 3.26. The van der Waals surface area contributed by atoms with Crippen LogP contribution in [0.4, 0.5) is 14.5 Å². The van der Waals surface area contributed by atoms with Crippen LogP contribution < -0.4 is 15.8 Å². The molecule has 1 aliphatic rings. The second-order valence-electron chi connectivity index (χ2n) is 6.50. The molecule has 1 aliphatic carbocycles. The molecule has 0 aromatic heterocycles. The lowest BCUT2D eigenvalue weighted by atomic mass is 9.87. The molecule has 0 heterocycles. The Hall–Kier alpha value is -2.63. The highest BCUT2D eigenvalue weighted by molar-refractivity contribution is 5.76. The van der Waals surface area contributed by atoms with Crippen molar-refractivity contribution < 1.29 is 18.3 Å². The summed E-state index contributed by atoms with van der Waals surface area (Å²) in [6, 6.07) is 8.97. The number of nitrogens with two attached hydrogens (primary N) is 1. The van der Waals surface area contributed by atoms with Crippen LogP contribution in [0.25, 0.3) is 0 Å². The molecule has 0 aliphatic heterocycles. The van der Waals surface area contributed by atoms with Crippen molar-refractivity contribution in [1.29, 1.82) is 0 Å². The largest absolute Gasteiger partial charge is 0.491 e. The van der Waals surface area contributed by atoms with Crippen LogP contribution >= 0.6 is 0 Å². The molecule has 2 aromatic rings. The zero-order chi connectivity index (χ0) is 18.5. The first kappa shape index (κ1) is 18.2. The second-order valence-corrected chi connectivity index (χ2v) is 6.50. The van der Waals surface area contributed by atoms with Gasteiger partial charge >= 0.3 is 0 Å². The maximum atomic E-state index is 13.5. The Kier molecular flexibility index (Phi) is 5.71. The van der Waals surface area contributed by atoms with E-state index in [0.717, 1.165) is 42.6 Å². The van der Waals surface area contributed by atoms with E-state index in [-0.39, 0.29) is 30.7 Å². The first-order chi connectivity index (χ1) is 12.5. The molecule has 2 aromatic carbocycles. The molecule has 1 atom stereocenters. The Morgan fingerprint density at radius 1 is 1.23 bits per heavy atom. The van der Waals surface area contributed by atoms with Crippen LogP contribution in [-0.4, -0.2) is 12.5 Å². The number of ether oxygens (including phenoxy) is 1. The van der Waals surface area contributed by atoms with Crippen LogP contribution in [-0.2, 0) is 11.2 Å². The van der Waals surface area contributed by atoms with Crippen LogP contribution in [0.2, 0.25) is 0 Å². The molecule has 26 heavy (non-hydrogen) atoms. The Bertz CT molecular complexity index is 795. The Labute approximate surface area is 151 Å². The molecule has 3 rings (SSSR count). The molecule has 4 nitrogen and oxygen atoms in total. The SMILES string of the molecule is Nc1ccc2c(c1)CCCC2NC(=O)CCCOc1ccc(F)cc1F. The predicted molar refractivity (Wildman–Crippen MR) is 95.8 cm³/mol. The van der Waals surface area contributed by atoms with Crippen molar-refractivity contribution >= 4 is 11.6 Å². The van der Waals surface area contributed by atoms with E-state index in [0.29, 0.717) is 6.42 Å². The van der Waals surface area contributed by atoms with E-state index in [1.54, 1.807) is 0 Å². The van der Waals surface area contributed by atoms with Crippen molar-refractivity contribution in [2.45, 2.75) is 38.1 Å². The van der Waals surface area contributed by atoms with Gasteiger partial charge in [-0.3, -0.25) is 4.79 Å². The maximum Gasteiger partial charge on any atom is 0.220 e. The van der Waals surface area contributed by atoms with Crippen molar-refractivity contribution in [2.75, 3.05) is 12.3 Å². The van der Waals surface area contributed by atoms with Crippen molar-refractivity contribution in [1.82, 2.24) is 5.32 Å². The molecule has 6 heteroatoms. The second kappa shape index (κ2) is 8.17. The van der Waals surface area contributed by atoms with E-state index in [9.17, 15) is 13.6 Å². The number of benzene rings is 2. The number of carbonyl (C=O) groups excluding carboxylic acids is 1. The van der Waals surface area contributed by atoms with Gasteiger partial charge in [-0.2, -0.15) is 0 Å². The van der Waals surface area contributed by atoms with E-state index in [4.69, 9.17) is 10.5 Å². The van der Waals surface area contributed by atoms with Crippen LogP contribution in [0.15, 0.2) is 36.4 Å². The van der Waals surface area contributed by atoms with Gasteiger partial charge in [0, 0.05) is 18.2 Å². The van der Waals surface area contributed by atoms with Gasteiger partial charge in [0.05, 0.1) is 12.6 Å². The average molecular weight is 360 g/mol. The third-order valence-corrected chi connectivity index (χ3v) is 4.52. The van der Waals surface area contributed by atoms with Gasteiger partial charge in [0.1, 0.15) is 5.82 Å². The Morgan fingerprint density at radius 3 is 2.88 bits per heavy atom. The van der Waals surface area contributed by atoms with Crippen molar-refractivity contribution in [3.8, 4) is 5.75 Å². The molecule has 0 saturated carbocycles. The fraction of sp³-hybridized carbons (Fsp3) is 0.350. The number of fused-ring (bicyclic) bond motifs is 1. The number of hydrogen-bond acceptors (Lipinski definition) is 3. The number of aryl methyl sites for hydroxylation is 1. The predicted octanol–water partition coefficient (Wildman–Crippen LogP) is 3.90. The lowest BCUT2D eigenvalue weighted by molar-refractivity contribution is -0.122. The fourth-order valence-electron chi connectivity index (χ4n) is 3.26. The van der Waals surface area contributed by atoms with Crippen LogP contribution in [0.5, 0.6) is 5.75 Å². The number of amides is 1. The zero-order valence-electron chi connectivity index (χ0n) is 14.4. The van der Waals surface area contributed by atoms with Gasteiger partial charge < -0.3 is 15.8 Å². The topological polar surface area (TPSA) is 64.3 Å². The summed E-state index contributed by atoms with van der Waals surface area (Å²) in [4.78, 5) is 12.2. The third-order valence-electron chi connectivity index (χ3n) is 4.52. The number of hydrogen-bond donors (Lipinski definition) is 2. The molecule has 0 bridgehead atoms. The van der Waals surface area contributed by atoms with Gasteiger partial charge in [-0.25, -0.2) is 8.78 Å². The number of nitrogen functional groups attached to an aromatic ring is 1. The Balaban J connectivity index is 1.46. The van der Waals surface area contributed by atoms with Crippen molar-refractivity contribution in [2.24, 2.45) is 0 Å². The summed E-state index contributed by atoms with van der Waals surface area (Å²) < 4.78 is 31.6. The highest BCUT2D eigenvalue weighted by Gasteiger charge is 2.21. The van der Waals surface area contributed by atoms with E-state index < -0.39 is 11.6 Å². The third kappa shape index (κ3) is 4.50. The molecular formula is C20H22F2N2O2. The molecule has 3 N–H and O–H groups in total. The van der Waals surface area contributed by atoms with E-state index in [1.807, 2.05) is 18.2 Å². The number of nitrogens with one attached hydrogen (secondary N) is 1. The smallest absolute Gasteiger partial charge is 0.220 e. The van der Waals surface area contributed by atoms with Crippen LogP contribution in [0.1, 0.15) is 42.9 Å². The summed E-state index contributed by atoms with van der Waals surface area (Å²) in [6.45, 7) is 0.188. The monoisotopic (exact) mass is 360 g/mol. The van der Waals surface area contributed by atoms with Crippen LogP contribution in [0.3, 0.4) is 0 Å². The number of anilines is 1. The van der Waals surface area contributed by atoms with Gasteiger partial charge in [-0.1, -0.05) is 6.07 Å². The molecule has 138 valence electrons. The van der Waals surface area contributed by atoms with Gasteiger partial charge in [0.2, 0.25) is 5.91 Å². The van der Waals surface area contributed by atoms with Gasteiger partial charge in [0.25, 0.3) is 0 Å². The van der Waals surface area contributed by atoms with Gasteiger partial charge in [-0.05, 0) is 61.1 Å². The summed E-state index contributed by atoms with van der Waals surface area (Å²) in [7, 11) is 0. The molecular weight excluding hydrogens is 338 g/mol. The average Bonchev–Trinajstić information content (AvgIpc) is 2.60. The summed E-state index contributed by atoms with van der Waals surface area (Å²) in [6.07, 6.45) is 3.62. The minimum atomic E-state index is -0.743. The molecule has 1 amide bonds. The standard InChI is InChI=1S/C20H22F2N2O2/c21-14-6-9-19(17(22)12-14)26-10-2-5-20(25)24-18-4-1-3-13-11-15(23)7-8-16(13)18/h6-9,11-12,18H,1-5,10,23H2,(H,24,25). The summed E-state index contributed by atoms with van der Waals surface area (Å²) in [5, 5.41) is 3.05. The summed E-state index contributed by atoms with van der Waals surface area (Å²) >= 11 is 0. The highest BCUT2D eigenvalue weighted by Crippen LogP contribution is 2.31. The van der Waals surface area contributed by atoms with E-state index >= 15 is 0 Å². The van der Waals surface area contributed by atoms with E-state index in [1.165, 1.54) is 11.6 Å². The molecule has 0 saturated heterocycles. The normalized spacial score (nSPS) is 16.0.